The standard InChI is InChI=1S/C11H12S/c1-4-10-7-6-9(3)8-11(10)12-5-2/h1,6-8H,5H2,2-3H3. The molecule has 0 N–H and O–H groups in total. The van der Waals surface area contributed by atoms with Crippen molar-refractivity contribution in [2.24, 2.45) is 0 Å². The number of benzene rings is 1. The second kappa shape index (κ2) is 4.23. The van der Waals surface area contributed by atoms with Gasteiger partial charge in [0, 0.05) is 10.5 Å². The molecular weight excluding hydrogens is 164 g/mol. The van der Waals surface area contributed by atoms with Crippen molar-refractivity contribution in [1.82, 2.24) is 0 Å². The van der Waals surface area contributed by atoms with Gasteiger partial charge >= 0.3 is 0 Å². The molecule has 0 spiro atoms. The summed E-state index contributed by atoms with van der Waals surface area (Å²) in [6.45, 7) is 4.22. The summed E-state index contributed by atoms with van der Waals surface area (Å²) in [5, 5.41) is 0. The fourth-order valence-corrected chi connectivity index (χ4v) is 1.89. The molecule has 0 saturated heterocycles. The number of terminal acetylenes is 1. The molecule has 1 aromatic rings. The van der Waals surface area contributed by atoms with Gasteiger partial charge in [0.1, 0.15) is 0 Å². The molecule has 1 heteroatoms. The molecule has 0 heterocycles. The molecule has 62 valence electrons. The highest BCUT2D eigenvalue weighted by Crippen LogP contribution is 2.22. The van der Waals surface area contributed by atoms with E-state index in [-0.39, 0.29) is 0 Å². The first kappa shape index (κ1) is 9.22. The Balaban J connectivity index is 3.06. The highest BCUT2D eigenvalue weighted by molar-refractivity contribution is 7.99. The highest BCUT2D eigenvalue weighted by Gasteiger charge is 1.98. The molecule has 0 bridgehead atoms. The maximum Gasteiger partial charge on any atom is 0.0378 e. The van der Waals surface area contributed by atoms with Gasteiger partial charge in [0.25, 0.3) is 0 Å². The SMILES string of the molecule is C#Cc1ccc(C)cc1SCC. The van der Waals surface area contributed by atoms with Crippen molar-refractivity contribution in [3.63, 3.8) is 0 Å². The summed E-state index contributed by atoms with van der Waals surface area (Å²) < 4.78 is 0. The average molecular weight is 176 g/mol. The average Bonchev–Trinajstić information content (AvgIpc) is 2.05. The highest BCUT2D eigenvalue weighted by atomic mass is 32.2. The Morgan fingerprint density at radius 1 is 1.50 bits per heavy atom. The van der Waals surface area contributed by atoms with Gasteiger partial charge < -0.3 is 0 Å². The molecule has 0 aliphatic heterocycles. The van der Waals surface area contributed by atoms with Crippen molar-refractivity contribution in [3.05, 3.63) is 29.3 Å². The number of aryl methyl sites for hydroxylation is 1. The minimum Gasteiger partial charge on any atom is -0.125 e. The van der Waals surface area contributed by atoms with Gasteiger partial charge in [0.05, 0.1) is 0 Å². The second-order valence-corrected chi connectivity index (χ2v) is 3.88. The number of thioether (sulfide) groups is 1. The maximum absolute atomic E-state index is 5.37. The zero-order chi connectivity index (χ0) is 8.97. The number of hydrogen-bond acceptors (Lipinski definition) is 1. The zero-order valence-corrected chi connectivity index (χ0v) is 8.24. The predicted molar refractivity (Wildman–Crippen MR) is 55.5 cm³/mol. The van der Waals surface area contributed by atoms with Crippen molar-refractivity contribution < 1.29 is 0 Å². The van der Waals surface area contributed by atoms with E-state index in [1.807, 2.05) is 6.07 Å². The maximum atomic E-state index is 5.37. The second-order valence-electron chi connectivity index (χ2n) is 2.58. The van der Waals surface area contributed by atoms with Gasteiger partial charge in [-0.25, -0.2) is 0 Å². The van der Waals surface area contributed by atoms with E-state index in [2.05, 4.69) is 31.9 Å². The van der Waals surface area contributed by atoms with E-state index in [1.165, 1.54) is 10.5 Å². The molecule has 0 aliphatic carbocycles. The van der Waals surface area contributed by atoms with E-state index in [4.69, 9.17) is 6.42 Å². The molecule has 0 amide bonds. The van der Waals surface area contributed by atoms with Crippen LogP contribution in [0.25, 0.3) is 0 Å². The van der Waals surface area contributed by atoms with Crippen molar-refractivity contribution >= 4 is 11.8 Å². The number of hydrogen-bond donors (Lipinski definition) is 0. The van der Waals surface area contributed by atoms with Crippen LogP contribution in [0.1, 0.15) is 18.1 Å². The third kappa shape index (κ3) is 2.06. The van der Waals surface area contributed by atoms with Gasteiger partial charge in [-0.3, -0.25) is 0 Å². The first-order valence-electron chi connectivity index (χ1n) is 3.98. The normalized spacial score (nSPS) is 9.42. The van der Waals surface area contributed by atoms with E-state index < -0.39 is 0 Å². The summed E-state index contributed by atoms with van der Waals surface area (Å²) in [6, 6.07) is 6.20. The van der Waals surface area contributed by atoms with E-state index in [0.29, 0.717) is 0 Å². The summed E-state index contributed by atoms with van der Waals surface area (Å²) in [4.78, 5) is 1.22. The quantitative estimate of drug-likeness (QED) is 0.493. The lowest BCUT2D eigenvalue weighted by Crippen LogP contribution is -1.82. The van der Waals surface area contributed by atoms with E-state index in [9.17, 15) is 0 Å². The third-order valence-corrected chi connectivity index (χ3v) is 2.53. The van der Waals surface area contributed by atoms with Gasteiger partial charge in [-0.1, -0.05) is 18.9 Å². The van der Waals surface area contributed by atoms with Gasteiger partial charge in [0.2, 0.25) is 0 Å². The van der Waals surface area contributed by atoms with Crippen molar-refractivity contribution in [3.8, 4) is 12.3 Å². The van der Waals surface area contributed by atoms with E-state index in [1.54, 1.807) is 11.8 Å². The summed E-state index contributed by atoms with van der Waals surface area (Å²) in [5.74, 6) is 3.75. The topological polar surface area (TPSA) is 0 Å². The van der Waals surface area contributed by atoms with Crippen LogP contribution in [0, 0.1) is 19.3 Å². The fraction of sp³-hybridized carbons (Fsp3) is 0.273. The smallest absolute Gasteiger partial charge is 0.0378 e. The molecular formula is C11H12S. The molecule has 0 aromatic heterocycles. The van der Waals surface area contributed by atoms with E-state index >= 15 is 0 Å². The Morgan fingerprint density at radius 2 is 2.25 bits per heavy atom. The van der Waals surface area contributed by atoms with Crippen LogP contribution in [0.3, 0.4) is 0 Å². The van der Waals surface area contributed by atoms with Crippen LogP contribution >= 0.6 is 11.8 Å². The van der Waals surface area contributed by atoms with Gasteiger partial charge in [0.15, 0.2) is 0 Å². The summed E-state index contributed by atoms with van der Waals surface area (Å²) in [6.07, 6.45) is 5.37. The van der Waals surface area contributed by atoms with Crippen LogP contribution in [-0.4, -0.2) is 5.75 Å². The molecule has 1 aromatic carbocycles. The molecule has 0 nitrogen and oxygen atoms in total. The van der Waals surface area contributed by atoms with Crippen LogP contribution in [0.5, 0.6) is 0 Å². The van der Waals surface area contributed by atoms with Crippen LogP contribution in [0.4, 0.5) is 0 Å². The Kier molecular flexibility index (Phi) is 3.25. The summed E-state index contributed by atoms with van der Waals surface area (Å²) >= 11 is 1.80. The summed E-state index contributed by atoms with van der Waals surface area (Å²) in [7, 11) is 0. The minimum atomic E-state index is 1.01. The molecule has 0 fully saturated rings. The Morgan fingerprint density at radius 3 is 2.83 bits per heavy atom. The number of rotatable bonds is 2. The Hall–Kier alpha value is -0.870. The fourth-order valence-electron chi connectivity index (χ4n) is 1.02. The zero-order valence-electron chi connectivity index (χ0n) is 7.42. The molecule has 1 rings (SSSR count). The van der Waals surface area contributed by atoms with Crippen LogP contribution in [0.15, 0.2) is 23.1 Å². The van der Waals surface area contributed by atoms with Gasteiger partial charge in [-0.2, -0.15) is 0 Å². The van der Waals surface area contributed by atoms with Crippen molar-refractivity contribution in [1.29, 1.82) is 0 Å². The molecule has 0 atom stereocenters. The lowest BCUT2D eigenvalue weighted by molar-refractivity contribution is 1.33. The minimum absolute atomic E-state index is 1.01. The molecule has 0 unspecified atom stereocenters. The van der Waals surface area contributed by atoms with Crippen LogP contribution in [0.2, 0.25) is 0 Å². The summed E-state index contributed by atoms with van der Waals surface area (Å²) in [5.41, 5.74) is 2.28. The first-order valence-corrected chi connectivity index (χ1v) is 4.96. The van der Waals surface area contributed by atoms with E-state index in [0.717, 1.165) is 11.3 Å². The molecule has 0 saturated carbocycles. The van der Waals surface area contributed by atoms with Crippen molar-refractivity contribution in [2.75, 3.05) is 5.75 Å². The largest absolute Gasteiger partial charge is 0.125 e. The monoisotopic (exact) mass is 176 g/mol. The van der Waals surface area contributed by atoms with Gasteiger partial charge in [-0.05, 0) is 30.4 Å². The molecule has 12 heavy (non-hydrogen) atoms. The lowest BCUT2D eigenvalue weighted by atomic mass is 10.2. The van der Waals surface area contributed by atoms with Crippen LogP contribution < -0.4 is 0 Å². The Bertz CT molecular complexity index is 307. The lowest BCUT2D eigenvalue weighted by Gasteiger charge is -2.03. The van der Waals surface area contributed by atoms with Gasteiger partial charge in [-0.15, -0.1) is 18.2 Å². The molecule has 0 aliphatic rings. The first-order chi connectivity index (χ1) is 5.77. The third-order valence-electron chi connectivity index (χ3n) is 1.59. The van der Waals surface area contributed by atoms with Crippen LogP contribution in [-0.2, 0) is 0 Å². The Labute approximate surface area is 78.4 Å². The molecule has 0 radical (unpaired) electrons. The predicted octanol–water partition coefficient (Wildman–Crippen LogP) is 3.09. The van der Waals surface area contributed by atoms with Crippen molar-refractivity contribution in [2.45, 2.75) is 18.7 Å².